The maximum Gasteiger partial charge on any atom is 0.139 e. The van der Waals surface area contributed by atoms with Crippen LogP contribution in [0.4, 0.5) is 11.5 Å². The van der Waals surface area contributed by atoms with Crippen molar-refractivity contribution in [3.05, 3.63) is 52.5 Å². The lowest BCUT2D eigenvalue weighted by molar-refractivity contribution is 1.34. The summed E-state index contributed by atoms with van der Waals surface area (Å²) in [6, 6.07) is 13.4. The van der Waals surface area contributed by atoms with Gasteiger partial charge >= 0.3 is 0 Å². The number of hydrogen-bond donors (Lipinski definition) is 1. The Balaban J connectivity index is 2.05. The molecular weight excluding hydrogens is 278 g/mol. The van der Waals surface area contributed by atoms with Gasteiger partial charge in [-0.2, -0.15) is 5.26 Å². The predicted octanol–water partition coefficient (Wildman–Crippen LogP) is 4.56. The molecule has 0 spiro atoms. The smallest absolute Gasteiger partial charge is 0.139 e. The number of rotatable bonds is 2. The number of pyridine rings is 1. The Morgan fingerprint density at radius 1 is 1.26 bits per heavy atom. The largest absolute Gasteiger partial charge is 0.340 e. The van der Waals surface area contributed by atoms with E-state index in [1.807, 2.05) is 36.4 Å². The SMILES string of the molecule is N#Cc1cc2c(Nc3cccc(Cl)c3)nccc2s1. The number of nitrogens with one attached hydrogen (secondary N) is 1. The Kier molecular flexibility index (Phi) is 3.08. The molecule has 0 saturated carbocycles. The standard InChI is InChI=1S/C14H8ClN3S/c15-9-2-1-3-10(6-9)18-14-12-7-11(8-16)19-13(12)4-5-17-14/h1-7H,(H,17,18). The number of aromatic nitrogens is 1. The maximum absolute atomic E-state index is 8.96. The molecule has 0 saturated heterocycles. The molecule has 0 amide bonds. The van der Waals surface area contributed by atoms with Gasteiger partial charge in [0.1, 0.15) is 16.8 Å². The molecule has 0 fully saturated rings. The fourth-order valence-corrected chi connectivity index (χ4v) is 2.86. The van der Waals surface area contributed by atoms with E-state index in [1.165, 1.54) is 11.3 Å². The highest BCUT2D eigenvalue weighted by Crippen LogP contribution is 2.31. The van der Waals surface area contributed by atoms with Gasteiger partial charge < -0.3 is 5.32 Å². The van der Waals surface area contributed by atoms with Crippen LogP contribution in [-0.2, 0) is 0 Å². The second-order valence-corrected chi connectivity index (χ2v) is 5.45. The lowest BCUT2D eigenvalue weighted by Crippen LogP contribution is -1.93. The van der Waals surface area contributed by atoms with Crippen LogP contribution in [0.2, 0.25) is 5.02 Å². The van der Waals surface area contributed by atoms with E-state index in [0.717, 1.165) is 21.6 Å². The van der Waals surface area contributed by atoms with Crippen molar-refractivity contribution in [1.29, 1.82) is 5.26 Å². The number of fused-ring (bicyclic) bond motifs is 1. The van der Waals surface area contributed by atoms with Crippen molar-refractivity contribution in [3.63, 3.8) is 0 Å². The van der Waals surface area contributed by atoms with Gasteiger partial charge in [0.05, 0.1) is 0 Å². The van der Waals surface area contributed by atoms with E-state index in [9.17, 15) is 0 Å². The molecule has 1 aromatic carbocycles. The zero-order valence-corrected chi connectivity index (χ0v) is 11.3. The zero-order valence-electron chi connectivity index (χ0n) is 9.72. The Hall–Kier alpha value is -2.09. The normalized spacial score (nSPS) is 10.3. The van der Waals surface area contributed by atoms with Gasteiger partial charge in [-0.1, -0.05) is 17.7 Å². The van der Waals surface area contributed by atoms with Gasteiger partial charge in [-0.05, 0) is 30.3 Å². The van der Waals surface area contributed by atoms with Crippen molar-refractivity contribution in [3.8, 4) is 6.07 Å². The van der Waals surface area contributed by atoms with Crippen LogP contribution in [-0.4, -0.2) is 4.98 Å². The van der Waals surface area contributed by atoms with Gasteiger partial charge in [-0.3, -0.25) is 0 Å². The molecule has 2 heterocycles. The molecule has 0 atom stereocenters. The first-order valence-corrected chi connectivity index (χ1v) is 6.77. The van der Waals surface area contributed by atoms with Crippen LogP contribution in [0, 0.1) is 11.3 Å². The monoisotopic (exact) mass is 285 g/mol. The third-order valence-electron chi connectivity index (χ3n) is 2.64. The fourth-order valence-electron chi connectivity index (χ4n) is 1.82. The lowest BCUT2D eigenvalue weighted by Gasteiger charge is -2.06. The van der Waals surface area contributed by atoms with E-state index in [4.69, 9.17) is 16.9 Å². The number of nitriles is 1. The molecule has 3 nitrogen and oxygen atoms in total. The summed E-state index contributed by atoms with van der Waals surface area (Å²) >= 11 is 7.41. The van der Waals surface area contributed by atoms with Crippen LogP contribution in [0.1, 0.15) is 4.88 Å². The van der Waals surface area contributed by atoms with Crippen LogP contribution in [0.25, 0.3) is 10.1 Å². The predicted molar refractivity (Wildman–Crippen MR) is 79.1 cm³/mol. The van der Waals surface area contributed by atoms with Gasteiger partial charge in [0.15, 0.2) is 0 Å². The Labute approximate surface area is 119 Å². The number of halogens is 1. The lowest BCUT2D eigenvalue weighted by atomic mass is 10.2. The molecule has 1 N–H and O–H groups in total. The molecule has 3 aromatic rings. The average molecular weight is 286 g/mol. The molecule has 0 aliphatic rings. The van der Waals surface area contributed by atoms with Crippen molar-refractivity contribution in [2.24, 2.45) is 0 Å². The second-order valence-electron chi connectivity index (χ2n) is 3.93. The molecule has 0 aliphatic carbocycles. The highest BCUT2D eigenvalue weighted by molar-refractivity contribution is 7.19. The third-order valence-corrected chi connectivity index (χ3v) is 3.88. The first-order chi connectivity index (χ1) is 9.26. The molecule has 0 aliphatic heterocycles. The fraction of sp³-hybridized carbons (Fsp3) is 0. The van der Waals surface area contributed by atoms with E-state index >= 15 is 0 Å². The van der Waals surface area contributed by atoms with Crippen LogP contribution in [0.15, 0.2) is 42.6 Å². The van der Waals surface area contributed by atoms with E-state index < -0.39 is 0 Å². The van der Waals surface area contributed by atoms with E-state index in [-0.39, 0.29) is 0 Å². The number of nitrogens with zero attached hydrogens (tertiary/aromatic N) is 2. The molecule has 0 radical (unpaired) electrons. The van der Waals surface area contributed by atoms with Crippen molar-refractivity contribution in [2.75, 3.05) is 5.32 Å². The molecular formula is C14H8ClN3S. The molecule has 5 heteroatoms. The van der Waals surface area contributed by atoms with Gasteiger partial charge in [-0.15, -0.1) is 11.3 Å². The Morgan fingerprint density at radius 3 is 2.95 bits per heavy atom. The minimum absolute atomic E-state index is 0.667. The van der Waals surface area contributed by atoms with E-state index in [0.29, 0.717) is 9.90 Å². The van der Waals surface area contributed by atoms with Gasteiger partial charge in [-0.25, -0.2) is 4.98 Å². The van der Waals surface area contributed by atoms with Gasteiger partial charge in [0.25, 0.3) is 0 Å². The van der Waals surface area contributed by atoms with Crippen LogP contribution >= 0.6 is 22.9 Å². The number of hydrogen-bond acceptors (Lipinski definition) is 4. The highest BCUT2D eigenvalue weighted by atomic mass is 35.5. The summed E-state index contributed by atoms with van der Waals surface area (Å²) in [5, 5.41) is 13.8. The highest BCUT2D eigenvalue weighted by Gasteiger charge is 2.07. The number of anilines is 2. The molecule has 92 valence electrons. The van der Waals surface area contributed by atoms with Crippen molar-refractivity contribution < 1.29 is 0 Å². The molecule has 2 aromatic heterocycles. The third kappa shape index (κ3) is 2.39. The van der Waals surface area contributed by atoms with E-state index in [1.54, 1.807) is 6.20 Å². The summed E-state index contributed by atoms with van der Waals surface area (Å²) in [4.78, 5) is 5.00. The Morgan fingerprint density at radius 2 is 2.16 bits per heavy atom. The van der Waals surface area contributed by atoms with Crippen LogP contribution in [0.3, 0.4) is 0 Å². The zero-order chi connectivity index (χ0) is 13.2. The van der Waals surface area contributed by atoms with Crippen molar-refractivity contribution in [1.82, 2.24) is 4.98 Å². The summed E-state index contributed by atoms with van der Waals surface area (Å²) in [6.45, 7) is 0. The van der Waals surface area contributed by atoms with E-state index in [2.05, 4.69) is 16.4 Å². The van der Waals surface area contributed by atoms with Gasteiger partial charge in [0.2, 0.25) is 0 Å². The molecule has 3 rings (SSSR count). The minimum atomic E-state index is 0.667. The average Bonchev–Trinajstić information content (AvgIpc) is 2.83. The maximum atomic E-state index is 8.96. The Bertz CT molecular complexity index is 789. The van der Waals surface area contributed by atoms with Gasteiger partial charge in [0, 0.05) is 27.0 Å². The van der Waals surface area contributed by atoms with Crippen LogP contribution in [0.5, 0.6) is 0 Å². The first kappa shape index (κ1) is 12.0. The topological polar surface area (TPSA) is 48.7 Å². The number of benzene rings is 1. The summed E-state index contributed by atoms with van der Waals surface area (Å²) in [5.74, 6) is 0.734. The van der Waals surface area contributed by atoms with Crippen molar-refractivity contribution >= 4 is 44.5 Å². The first-order valence-electron chi connectivity index (χ1n) is 5.57. The van der Waals surface area contributed by atoms with Crippen molar-refractivity contribution in [2.45, 2.75) is 0 Å². The summed E-state index contributed by atoms with van der Waals surface area (Å²) in [7, 11) is 0. The summed E-state index contributed by atoms with van der Waals surface area (Å²) in [5.41, 5.74) is 0.872. The summed E-state index contributed by atoms with van der Waals surface area (Å²) in [6.07, 6.45) is 1.73. The molecule has 19 heavy (non-hydrogen) atoms. The quantitative estimate of drug-likeness (QED) is 0.750. The van der Waals surface area contributed by atoms with Crippen LogP contribution < -0.4 is 5.32 Å². The molecule has 0 bridgehead atoms. The minimum Gasteiger partial charge on any atom is -0.340 e. The summed E-state index contributed by atoms with van der Waals surface area (Å²) < 4.78 is 1.04. The molecule has 0 unspecified atom stereocenters. The number of thiophene rings is 1. The second kappa shape index (κ2) is 4.88.